The van der Waals surface area contributed by atoms with Crippen LogP contribution < -0.4 is 4.74 Å². The van der Waals surface area contributed by atoms with Gasteiger partial charge in [-0.15, -0.1) is 0 Å². The highest BCUT2D eigenvalue weighted by Crippen LogP contribution is 2.57. The lowest BCUT2D eigenvalue weighted by atomic mass is 9.66. The van der Waals surface area contributed by atoms with Crippen LogP contribution in [0.25, 0.3) is 49.9 Å². The van der Waals surface area contributed by atoms with Crippen LogP contribution in [0, 0.1) is 6.92 Å². The molecule has 51 heavy (non-hydrogen) atoms. The fourth-order valence-electron chi connectivity index (χ4n) is 7.87. The van der Waals surface area contributed by atoms with Crippen LogP contribution in [-0.2, 0) is 10.2 Å². The molecule has 7 aromatic rings. The molecule has 8 rings (SSSR count). The monoisotopic (exact) mass is 668 g/mol. The first-order valence-electron chi connectivity index (χ1n) is 17.5. The molecule has 1 aliphatic rings. The van der Waals surface area contributed by atoms with Gasteiger partial charge in [-0.1, -0.05) is 109 Å². The Bertz CT molecular complexity index is 2440. The minimum atomic E-state index is -0.603. The van der Waals surface area contributed by atoms with E-state index in [0.29, 0.717) is 0 Å². The number of rotatable bonds is 10. The second-order valence-electron chi connectivity index (χ2n) is 13.3. The fraction of sp³-hybridized carbons (Fsp3) is 0.149. The van der Waals surface area contributed by atoms with Crippen molar-refractivity contribution in [3.8, 4) is 28.0 Å². The van der Waals surface area contributed by atoms with Crippen LogP contribution in [0.1, 0.15) is 40.3 Å². The molecule has 2 N–H and O–H groups in total. The number of aliphatic hydroxyl groups is 2. The molecule has 0 heterocycles. The topological polar surface area (TPSA) is 58.9 Å². The number of benzene rings is 7. The fourth-order valence-corrected chi connectivity index (χ4v) is 7.87. The van der Waals surface area contributed by atoms with E-state index in [1.165, 1.54) is 55.3 Å². The first-order valence-corrected chi connectivity index (χ1v) is 17.5. The molecule has 1 unspecified atom stereocenters. The first-order chi connectivity index (χ1) is 25.0. The number of fused-ring (bicyclic) bond motifs is 5. The average molecular weight is 669 g/mol. The highest BCUT2D eigenvalue weighted by atomic mass is 16.5. The van der Waals surface area contributed by atoms with Gasteiger partial charge in [0.15, 0.2) is 0 Å². The Kier molecular flexibility index (Phi) is 8.65. The summed E-state index contributed by atoms with van der Waals surface area (Å²) >= 11 is 0. The molecule has 0 saturated heterocycles. The SMILES string of the molecule is C/C(=C\c1ccc(C2(c3ccc4cc(OCCO)ccc4c3)c3ccccc3-c3ccc(-c4ccc5ccccc5c4)cc32)cc1C)OCCO. The maximum Gasteiger partial charge on any atom is 0.120 e. The van der Waals surface area contributed by atoms with E-state index >= 15 is 0 Å². The molecule has 0 aliphatic heterocycles. The van der Waals surface area contributed by atoms with E-state index in [2.05, 4.69) is 134 Å². The molecular weight excluding hydrogens is 629 g/mol. The zero-order chi connectivity index (χ0) is 35.0. The number of ether oxygens (including phenoxy) is 2. The van der Waals surface area contributed by atoms with E-state index in [-0.39, 0.29) is 26.4 Å². The lowest BCUT2D eigenvalue weighted by Gasteiger charge is -2.35. The van der Waals surface area contributed by atoms with Gasteiger partial charge in [0.1, 0.15) is 19.0 Å². The average Bonchev–Trinajstić information content (AvgIpc) is 3.47. The van der Waals surface area contributed by atoms with Crippen molar-refractivity contribution in [2.75, 3.05) is 26.4 Å². The molecule has 1 aliphatic carbocycles. The van der Waals surface area contributed by atoms with Gasteiger partial charge < -0.3 is 19.7 Å². The van der Waals surface area contributed by atoms with Gasteiger partial charge in [0, 0.05) is 0 Å². The summed E-state index contributed by atoms with van der Waals surface area (Å²) < 4.78 is 11.5. The summed E-state index contributed by atoms with van der Waals surface area (Å²) in [5.41, 5.74) is 11.3. The quantitative estimate of drug-likeness (QED) is 0.143. The van der Waals surface area contributed by atoms with Gasteiger partial charge in [-0.2, -0.15) is 0 Å². The summed E-state index contributed by atoms with van der Waals surface area (Å²) in [5.74, 6) is 1.51. The van der Waals surface area contributed by atoms with E-state index in [0.717, 1.165) is 33.4 Å². The minimum absolute atomic E-state index is 0.0195. The summed E-state index contributed by atoms with van der Waals surface area (Å²) in [6, 6.07) is 50.8. The van der Waals surface area contributed by atoms with Crippen LogP contribution in [-0.4, -0.2) is 36.6 Å². The molecular formula is C47H40O4. The molecule has 252 valence electrons. The third-order valence-corrected chi connectivity index (χ3v) is 10.2. The molecule has 0 bridgehead atoms. The third-order valence-electron chi connectivity index (χ3n) is 10.2. The van der Waals surface area contributed by atoms with Crippen LogP contribution >= 0.6 is 0 Å². The summed E-state index contributed by atoms with van der Waals surface area (Å²) in [5, 5.41) is 23.2. The van der Waals surface area contributed by atoms with Crippen LogP contribution in [0.3, 0.4) is 0 Å². The van der Waals surface area contributed by atoms with E-state index in [1.54, 1.807) is 0 Å². The largest absolute Gasteiger partial charge is 0.496 e. The van der Waals surface area contributed by atoms with E-state index < -0.39 is 5.41 Å². The predicted molar refractivity (Wildman–Crippen MR) is 208 cm³/mol. The molecule has 4 nitrogen and oxygen atoms in total. The van der Waals surface area contributed by atoms with E-state index in [9.17, 15) is 10.2 Å². The van der Waals surface area contributed by atoms with Crippen LogP contribution in [0.15, 0.2) is 145 Å². The van der Waals surface area contributed by atoms with Crippen molar-refractivity contribution < 1.29 is 19.7 Å². The summed E-state index contributed by atoms with van der Waals surface area (Å²) in [6.07, 6.45) is 2.04. The van der Waals surface area contributed by atoms with Crippen molar-refractivity contribution in [1.29, 1.82) is 0 Å². The van der Waals surface area contributed by atoms with Gasteiger partial charge in [0.2, 0.25) is 0 Å². The Hall–Kier alpha value is -5.68. The molecule has 0 fully saturated rings. The van der Waals surface area contributed by atoms with E-state index in [4.69, 9.17) is 9.47 Å². The molecule has 0 aromatic heterocycles. The van der Waals surface area contributed by atoms with Crippen molar-refractivity contribution in [2.45, 2.75) is 19.3 Å². The van der Waals surface area contributed by atoms with Gasteiger partial charge in [-0.25, -0.2) is 0 Å². The van der Waals surface area contributed by atoms with Crippen LogP contribution in [0.4, 0.5) is 0 Å². The third kappa shape index (κ3) is 5.77. The molecule has 7 aromatic carbocycles. The standard InChI is InChI=1S/C47H40O4/c1-31-25-40(17-13-34(31)26-32(2)50-23-21-48)47(41-18-14-38-29-42(51-24-22-49)19-15-37(38)28-41)45-10-6-5-9-43(45)44-20-16-39(30-46(44)47)36-12-11-33-7-3-4-8-35(33)27-36/h3-20,25-30,48-49H,21-24H2,1-2H3/b32-26+. The Morgan fingerprint density at radius 1 is 0.588 bits per heavy atom. The second-order valence-corrected chi connectivity index (χ2v) is 13.3. The van der Waals surface area contributed by atoms with Crippen molar-refractivity contribution in [2.24, 2.45) is 0 Å². The maximum atomic E-state index is 9.30. The zero-order valence-electron chi connectivity index (χ0n) is 28.9. The normalized spacial score (nSPS) is 15.2. The minimum Gasteiger partial charge on any atom is -0.496 e. The van der Waals surface area contributed by atoms with Crippen molar-refractivity contribution in [3.05, 3.63) is 179 Å². The predicted octanol–water partition coefficient (Wildman–Crippen LogP) is 10.1. The van der Waals surface area contributed by atoms with Crippen LogP contribution in [0.5, 0.6) is 5.75 Å². The lowest BCUT2D eigenvalue weighted by molar-refractivity contribution is 0.148. The number of hydrogen-bond donors (Lipinski definition) is 2. The summed E-state index contributed by atoms with van der Waals surface area (Å²) in [7, 11) is 0. The van der Waals surface area contributed by atoms with Crippen LogP contribution in [0.2, 0.25) is 0 Å². The van der Waals surface area contributed by atoms with Crippen molar-refractivity contribution >= 4 is 27.6 Å². The van der Waals surface area contributed by atoms with Crippen molar-refractivity contribution in [1.82, 2.24) is 0 Å². The van der Waals surface area contributed by atoms with Gasteiger partial charge >= 0.3 is 0 Å². The Morgan fingerprint density at radius 2 is 1.24 bits per heavy atom. The Balaban J connectivity index is 1.37. The number of aryl methyl sites for hydroxylation is 1. The highest BCUT2D eigenvalue weighted by molar-refractivity contribution is 5.93. The van der Waals surface area contributed by atoms with Gasteiger partial charge in [0.25, 0.3) is 0 Å². The lowest BCUT2D eigenvalue weighted by Crippen LogP contribution is -2.29. The number of aliphatic hydroxyl groups excluding tert-OH is 2. The van der Waals surface area contributed by atoms with Gasteiger partial charge in [-0.3, -0.25) is 0 Å². The molecule has 0 saturated carbocycles. The number of allylic oxidation sites excluding steroid dienone is 1. The smallest absolute Gasteiger partial charge is 0.120 e. The van der Waals surface area contributed by atoms with E-state index in [1.807, 2.05) is 25.1 Å². The highest BCUT2D eigenvalue weighted by Gasteiger charge is 2.46. The summed E-state index contributed by atoms with van der Waals surface area (Å²) in [4.78, 5) is 0. The number of hydrogen-bond acceptors (Lipinski definition) is 4. The molecule has 0 radical (unpaired) electrons. The molecule has 4 heteroatoms. The van der Waals surface area contributed by atoms with Gasteiger partial charge in [-0.05, 0) is 127 Å². The van der Waals surface area contributed by atoms with Gasteiger partial charge in [0.05, 0.1) is 24.4 Å². The zero-order valence-corrected chi connectivity index (χ0v) is 28.9. The Labute approximate surface area is 298 Å². The summed E-state index contributed by atoms with van der Waals surface area (Å²) in [6.45, 7) is 4.57. The molecule has 1 atom stereocenters. The molecule has 0 amide bonds. The maximum absolute atomic E-state index is 9.30. The second kappa shape index (κ2) is 13.6. The molecule has 0 spiro atoms. The van der Waals surface area contributed by atoms with Crippen molar-refractivity contribution in [3.63, 3.8) is 0 Å². The first kappa shape index (κ1) is 32.5. The Morgan fingerprint density at radius 3 is 2.08 bits per heavy atom.